The molecule has 1 heterocycles. The van der Waals surface area contributed by atoms with Gasteiger partial charge in [0.2, 0.25) is 15.9 Å². The lowest BCUT2D eigenvalue weighted by Gasteiger charge is -2.23. The molecule has 3 rings (SSSR count). The lowest BCUT2D eigenvalue weighted by molar-refractivity contribution is -0.118. The van der Waals surface area contributed by atoms with Crippen LogP contribution in [-0.2, 0) is 21.2 Å². The zero-order chi connectivity index (χ0) is 17.9. The molecule has 0 spiro atoms. The predicted octanol–water partition coefficient (Wildman–Crippen LogP) is 2.82. The number of para-hydroxylation sites is 2. The highest BCUT2D eigenvalue weighted by Crippen LogP contribution is 2.28. The highest BCUT2D eigenvalue weighted by Gasteiger charge is 2.24. The van der Waals surface area contributed by atoms with Gasteiger partial charge >= 0.3 is 0 Å². The molecule has 0 bridgehead atoms. The van der Waals surface area contributed by atoms with Crippen molar-refractivity contribution in [3.8, 4) is 0 Å². The number of nitrogens with zero attached hydrogens (tertiary/aromatic N) is 2. The van der Waals surface area contributed by atoms with E-state index in [9.17, 15) is 13.2 Å². The minimum Gasteiger partial charge on any atom is -0.312 e. The minimum absolute atomic E-state index is 0.0477. The van der Waals surface area contributed by atoms with Crippen molar-refractivity contribution >= 4 is 27.3 Å². The largest absolute Gasteiger partial charge is 0.312 e. The summed E-state index contributed by atoms with van der Waals surface area (Å²) in [5, 5.41) is 0. The fourth-order valence-electron chi connectivity index (χ4n) is 3.19. The van der Waals surface area contributed by atoms with E-state index >= 15 is 0 Å². The summed E-state index contributed by atoms with van der Waals surface area (Å²) in [5.74, 6) is 0.0477. The summed E-state index contributed by atoms with van der Waals surface area (Å²) in [6, 6.07) is 16.9. The van der Waals surface area contributed by atoms with Crippen LogP contribution in [0.25, 0.3) is 0 Å². The molecule has 0 N–H and O–H groups in total. The lowest BCUT2D eigenvalue weighted by atomic mass is 10.2. The van der Waals surface area contributed by atoms with Crippen molar-refractivity contribution in [2.75, 3.05) is 28.6 Å². The Bertz CT molecular complexity index is 850. The molecule has 2 aromatic rings. The van der Waals surface area contributed by atoms with Crippen molar-refractivity contribution in [1.82, 2.24) is 0 Å². The molecule has 2 aromatic carbocycles. The zero-order valence-corrected chi connectivity index (χ0v) is 15.1. The topological polar surface area (TPSA) is 57.7 Å². The Balaban J connectivity index is 1.63. The van der Waals surface area contributed by atoms with Crippen LogP contribution in [-0.4, -0.2) is 33.7 Å². The van der Waals surface area contributed by atoms with Gasteiger partial charge in [-0.3, -0.25) is 9.10 Å². The Hall–Kier alpha value is -2.34. The molecule has 6 heteroatoms. The monoisotopic (exact) mass is 358 g/mol. The van der Waals surface area contributed by atoms with Gasteiger partial charge in [-0.2, -0.15) is 0 Å². The van der Waals surface area contributed by atoms with Crippen LogP contribution >= 0.6 is 0 Å². The van der Waals surface area contributed by atoms with Gasteiger partial charge in [-0.1, -0.05) is 36.4 Å². The number of amides is 1. The SMILES string of the molecule is CS(=O)(=O)N(CCCC(=O)N1CCc2ccccc21)c1ccccc1. The first-order valence-corrected chi connectivity index (χ1v) is 10.2. The number of sulfonamides is 1. The molecule has 132 valence electrons. The van der Waals surface area contributed by atoms with Crippen LogP contribution in [0.1, 0.15) is 18.4 Å². The summed E-state index contributed by atoms with van der Waals surface area (Å²) in [6.07, 6.45) is 2.88. The van der Waals surface area contributed by atoms with Crippen molar-refractivity contribution in [3.05, 3.63) is 60.2 Å². The predicted molar refractivity (Wildman–Crippen MR) is 100 cm³/mol. The van der Waals surface area contributed by atoms with Crippen LogP contribution in [0.5, 0.6) is 0 Å². The van der Waals surface area contributed by atoms with Crippen LogP contribution in [0.4, 0.5) is 11.4 Å². The van der Waals surface area contributed by atoms with Crippen molar-refractivity contribution < 1.29 is 13.2 Å². The standard InChI is InChI=1S/C19H22N2O3S/c1-25(23,24)21(17-9-3-2-4-10-17)14-7-12-19(22)20-15-13-16-8-5-6-11-18(16)20/h2-6,8-11H,7,12-15H2,1H3. The Labute approximate surface area is 148 Å². The van der Waals surface area contributed by atoms with Gasteiger partial charge in [0, 0.05) is 25.2 Å². The summed E-state index contributed by atoms with van der Waals surface area (Å²) in [7, 11) is -3.38. The molecule has 0 unspecified atom stereocenters. The number of carbonyl (C=O) groups excluding carboxylic acids is 1. The van der Waals surface area contributed by atoms with E-state index in [0.717, 1.165) is 12.1 Å². The Kier molecular flexibility index (Phi) is 5.08. The third kappa shape index (κ3) is 4.02. The molecule has 0 saturated carbocycles. The first-order chi connectivity index (χ1) is 12.0. The van der Waals surface area contributed by atoms with Gasteiger partial charge in [-0.05, 0) is 36.6 Å². The molecule has 0 radical (unpaired) electrons. The average molecular weight is 358 g/mol. The maximum Gasteiger partial charge on any atom is 0.232 e. The molecular weight excluding hydrogens is 336 g/mol. The van der Waals surface area contributed by atoms with Gasteiger partial charge in [0.25, 0.3) is 0 Å². The average Bonchev–Trinajstić information content (AvgIpc) is 3.02. The second kappa shape index (κ2) is 7.27. The number of rotatable bonds is 6. The first-order valence-electron chi connectivity index (χ1n) is 8.38. The van der Waals surface area contributed by atoms with Crippen molar-refractivity contribution in [3.63, 3.8) is 0 Å². The molecule has 25 heavy (non-hydrogen) atoms. The van der Waals surface area contributed by atoms with Crippen LogP contribution in [0, 0.1) is 0 Å². The molecule has 0 aliphatic carbocycles. The fourth-order valence-corrected chi connectivity index (χ4v) is 4.15. The fraction of sp³-hybridized carbons (Fsp3) is 0.316. The van der Waals surface area contributed by atoms with E-state index in [0.29, 0.717) is 31.6 Å². The van der Waals surface area contributed by atoms with E-state index in [4.69, 9.17) is 0 Å². The first kappa shape index (κ1) is 17.5. The summed E-state index contributed by atoms with van der Waals surface area (Å²) in [5.41, 5.74) is 2.80. The van der Waals surface area contributed by atoms with Gasteiger partial charge in [-0.25, -0.2) is 8.42 Å². The van der Waals surface area contributed by atoms with E-state index in [2.05, 4.69) is 0 Å². The smallest absolute Gasteiger partial charge is 0.232 e. The van der Waals surface area contributed by atoms with E-state index in [1.807, 2.05) is 35.2 Å². The molecule has 0 atom stereocenters. The van der Waals surface area contributed by atoms with Crippen molar-refractivity contribution in [2.24, 2.45) is 0 Å². The summed E-state index contributed by atoms with van der Waals surface area (Å²) >= 11 is 0. The third-order valence-electron chi connectivity index (χ3n) is 4.38. The summed E-state index contributed by atoms with van der Waals surface area (Å²) in [4.78, 5) is 14.3. The summed E-state index contributed by atoms with van der Waals surface area (Å²) in [6.45, 7) is 0.997. The van der Waals surface area contributed by atoms with E-state index < -0.39 is 10.0 Å². The highest BCUT2D eigenvalue weighted by molar-refractivity contribution is 7.92. The van der Waals surface area contributed by atoms with E-state index in [1.165, 1.54) is 16.1 Å². The summed E-state index contributed by atoms with van der Waals surface area (Å²) < 4.78 is 25.5. The quantitative estimate of drug-likeness (QED) is 0.798. The highest BCUT2D eigenvalue weighted by atomic mass is 32.2. The molecule has 1 aliphatic heterocycles. The molecule has 0 fully saturated rings. The van der Waals surface area contributed by atoms with Gasteiger partial charge < -0.3 is 4.90 Å². The Morgan fingerprint density at radius 3 is 2.48 bits per heavy atom. The third-order valence-corrected chi connectivity index (χ3v) is 5.58. The molecule has 1 aliphatic rings. The minimum atomic E-state index is -3.38. The second-order valence-corrected chi connectivity index (χ2v) is 8.11. The molecular formula is C19H22N2O3S. The van der Waals surface area contributed by atoms with Gasteiger partial charge in [0.05, 0.1) is 11.9 Å². The van der Waals surface area contributed by atoms with E-state index in [-0.39, 0.29) is 5.91 Å². The van der Waals surface area contributed by atoms with Crippen LogP contribution in [0.2, 0.25) is 0 Å². The molecule has 5 nitrogen and oxygen atoms in total. The lowest BCUT2D eigenvalue weighted by Crippen LogP contribution is -2.33. The Morgan fingerprint density at radius 2 is 1.76 bits per heavy atom. The van der Waals surface area contributed by atoms with Crippen LogP contribution in [0.3, 0.4) is 0 Å². The number of hydrogen-bond donors (Lipinski definition) is 0. The Morgan fingerprint density at radius 1 is 1.08 bits per heavy atom. The molecule has 1 amide bonds. The van der Waals surface area contributed by atoms with Gasteiger partial charge in [-0.15, -0.1) is 0 Å². The maximum atomic E-state index is 12.5. The van der Waals surface area contributed by atoms with Crippen molar-refractivity contribution in [1.29, 1.82) is 0 Å². The number of anilines is 2. The maximum absolute atomic E-state index is 12.5. The van der Waals surface area contributed by atoms with Crippen molar-refractivity contribution in [2.45, 2.75) is 19.3 Å². The second-order valence-electron chi connectivity index (χ2n) is 6.20. The normalized spacial score (nSPS) is 13.6. The molecule has 0 aromatic heterocycles. The van der Waals surface area contributed by atoms with Gasteiger partial charge in [0.15, 0.2) is 0 Å². The number of fused-ring (bicyclic) bond motifs is 1. The van der Waals surface area contributed by atoms with E-state index in [1.54, 1.807) is 24.3 Å². The number of carbonyl (C=O) groups is 1. The van der Waals surface area contributed by atoms with Crippen LogP contribution < -0.4 is 9.21 Å². The zero-order valence-electron chi connectivity index (χ0n) is 14.3. The number of hydrogen-bond acceptors (Lipinski definition) is 3. The van der Waals surface area contributed by atoms with Gasteiger partial charge in [0.1, 0.15) is 0 Å². The number of benzene rings is 2. The van der Waals surface area contributed by atoms with Crippen LogP contribution in [0.15, 0.2) is 54.6 Å². The molecule has 0 saturated heterocycles.